The molecule has 3 nitrogen and oxygen atoms in total. The van der Waals surface area contributed by atoms with Crippen LogP contribution < -0.4 is 0 Å². The summed E-state index contributed by atoms with van der Waals surface area (Å²) in [6, 6.07) is 12.2. The van der Waals surface area contributed by atoms with Gasteiger partial charge >= 0.3 is 0 Å². The SMILES string of the molecule is Brc1cnc2nc(CCc3ccccc3)oc2c1. The second-order valence-electron chi connectivity index (χ2n) is 4.07. The van der Waals surface area contributed by atoms with Gasteiger partial charge in [0.1, 0.15) is 0 Å². The summed E-state index contributed by atoms with van der Waals surface area (Å²) in [5, 5.41) is 0. The van der Waals surface area contributed by atoms with Gasteiger partial charge in [-0.25, -0.2) is 4.98 Å². The number of aromatic nitrogens is 2. The van der Waals surface area contributed by atoms with Crippen molar-refractivity contribution in [1.29, 1.82) is 0 Å². The van der Waals surface area contributed by atoms with E-state index < -0.39 is 0 Å². The predicted octanol–water partition coefficient (Wildman–Crippen LogP) is 3.77. The van der Waals surface area contributed by atoms with Crippen molar-refractivity contribution < 1.29 is 4.42 Å². The zero-order chi connectivity index (χ0) is 12.4. The van der Waals surface area contributed by atoms with Crippen LogP contribution in [0.25, 0.3) is 11.2 Å². The minimum absolute atomic E-state index is 0.668. The lowest BCUT2D eigenvalue weighted by atomic mass is 10.1. The molecule has 4 heteroatoms. The molecule has 1 aromatic carbocycles. The number of halogens is 1. The van der Waals surface area contributed by atoms with E-state index in [0.717, 1.165) is 28.8 Å². The van der Waals surface area contributed by atoms with Crippen molar-refractivity contribution in [3.63, 3.8) is 0 Å². The molecule has 2 heterocycles. The molecular weight excluding hydrogens is 292 g/mol. The molecule has 0 atom stereocenters. The van der Waals surface area contributed by atoms with E-state index in [1.165, 1.54) is 5.56 Å². The van der Waals surface area contributed by atoms with Crippen LogP contribution in [0.15, 0.2) is 51.5 Å². The van der Waals surface area contributed by atoms with Crippen LogP contribution in [0.4, 0.5) is 0 Å². The molecule has 2 aromatic heterocycles. The molecule has 90 valence electrons. The van der Waals surface area contributed by atoms with Gasteiger partial charge in [0.15, 0.2) is 17.1 Å². The summed E-state index contributed by atoms with van der Waals surface area (Å²) in [4.78, 5) is 8.57. The van der Waals surface area contributed by atoms with E-state index in [1.807, 2.05) is 24.3 Å². The molecule has 0 saturated heterocycles. The van der Waals surface area contributed by atoms with Gasteiger partial charge in [-0.1, -0.05) is 30.3 Å². The van der Waals surface area contributed by atoms with Crippen LogP contribution in [0.1, 0.15) is 11.5 Å². The first-order chi connectivity index (χ1) is 8.81. The van der Waals surface area contributed by atoms with Crippen molar-refractivity contribution in [3.8, 4) is 0 Å². The van der Waals surface area contributed by atoms with Crippen LogP contribution in [-0.2, 0) is 12.8 Å². The fraction of sp³-hybridized carbons (Fsp3) is 0.143. The molecule has 0 amide bonds. The van der Waals surface area contributed by atoms with Gasteiger partial charge in [-0.15, -0.1) is 0 Å². The van der Waals surface area contributed by atoms with Gasteiger partial charge in [-0.3, -0.25) is 0 Å². The molecule has 0 aliphatic rings. The maximum absolute atomic E-state index is 5.67. The van der Waals surface area contributed by atoms with Crippen molar-refractivity contribution >= 4 is 27.2 Å². The van der Waals surface area contributed by atoms with E-state index in [4.69, 9.17) is 4.42 Å². The molecule has 0 aliphatic heterocycles. The first-order valence-electron chi connectivity index (χ1n) is 5.76. The molecule has 3 aromatic rings. The number of rotatable bonds is 3. The third kappa shape index (κ3) is 2.43. The lowest BCUT2D eigenvalue weighted by Crippen LogP contribution is -1.90. The van der Waals surface area contributed by atoms with Gasteiger partial charge in [0, 0.05) is 23.2 Å². The highest BCUT2D eigenvalue weighted by Crippen LogP contribution is 2.18. The largest absolute Gasteiger partial charge is 0.439 e. The van der Waals surface area contributed by atoms with Gasteiger partial charge in [0.05, 0.1) is 0 Å². The number of aryl methyl sites for hydroxylation is 2. The predicted molar refractivity (Wildman–Crippen MR) is 73.4 cm³/mol. The van der Waals surface area contributed by atoms with E-state index in [-0.39, 0.29) is 0 Å². The molecule has 0 spiro atoms. The number of pyridine rings is 1. The summed E-state index contributed by atoms with van der Waals surface area (Å²) in [6.07, 6.45) is 3.44. The van der Waals surface area contributed by atoms with Gasteiger partial charge in [0.25, 0.3) is 0 Å². The molecule has 0 aliphatic carbocycles. The minimum atomic E-state index is 0.668. The normalized spacial score (nSPS) is 10.9. The highest BCUT2D eigenvalue weighted by atomic mass is 79.9. The maximum atomic E-state index is 5.67. The van der Waals surface area contributed by atoms with Crippen molar-refractivity contribution in [2.24, 2.45) is 0 Å². The Morgan fingerprint density at radius 2 is 1.94 bits per heavy atom. The summed E-state index contributed by atoms with van der Waals surface area (Å²) >= 11 is 3.37. The van der Waals surface area contributed by atoms with Crippen molar-refractivity contribution in [1.82, 2.24) is 9.97 Å². The number of hydrogen-bond acceptors (Lipinski definition) is 3. The van der Waals surface area contributed by atoms with Crippen LogP contribution in [0.2, 0.25) is 0 Å². The number of oxazole rings is 1. The Morgan fingerprint density at radius 1 is 1.11 bits per heavy atom. The lowest BCUT2D eigenvalue weighted by Gasteiger charge is -1.96. The van der Waals surface area contributed by atoms with Gasteiger partial charge in [-0.2, -0.15) is 4.98 Å². The van der Waals surface area contributed by atoms with E-state index in [2.05, 4.69) is 38.0 Å². The highest BCUT2D eigenvalue weighted by Gasteiger charge is 2.07. The zero-order valence-corrected chi connectivity index (χ0v) is 11.2. The molecule has 0 N–H and O–H groups in total. The summed E-state index contributed by atoms with van der Waals surface area (Å²) < 4.78 is 6.57. The second kappa shape index (κ2) is 4.90. The molecular formula is C14H11BrN2O. The number of hydrogen-bond donors (Lipinski definition) is 0. The van der Waals surface area contributed by atoms with Crippen LogP contribution in [0, 0.1) is 0 Å². The maximum Gasteiger partial charge on any atom is 0.198 e. The summed E-state index contributed by atoms with van der Waals surface area (Å²) in [5.74, 6) is 0.736. The standard InChI is InChI=1S/C14H11BrN2O/c15-11-8-12-14(16-9-11)17-13(18-12)7-6-10-4-2-1-3-5-10/h1-5,8-9H,6-7H2. The Kier molecular flexibility index (Phi) is 3.11. The average Bonchev–Trinajstić information content (AvgIpc) is 2.79. The van der Waals surface area contributed by atoms with Crippen molar-refractivity contribution in [3.05, 3.63) is 58.5 Å². The van der Waals surface area contributed by atoms with Gasteiger partial charge < -0.3 is 4.42 Å². The molecule has 0 bridgehead atoms. The van der Waals surface area contributed by atoms with Crippen molar-refractivity contribution in [2.45, 2.75) is 12.8 Å². The third-order valence-electron chi connectivity index (χ3n) is 2.73. The third-order valence-corrected chi connectivity index (χ3v) is 3.16. The van der Waals surface area contributed by atoms with E-state index >= 15 is 0 Å². The van der Waals surface area contributed by atoms with Crippen LogP contribution >= 0.6 is 15.9 Å². The molecule has 3 rings (SSSR count). The highest BCUT2D eigenvalue weighted by molar-refractivity contribution is 9.10. The topological polar surface area (TPSA) is 38.9 Å². The molecule has 0 saturated carbocycles. The first kappa shape index (κ1) is 11.4. The Balaban J connectivity index is 1.79. The monoisotopic (exact) mass is 302 g/mol. The Bertz CT molecular complexity index is 664. The van der Waals surface area contributed by atoms with Gasteiger partial charge in [-0.05, 0) is 27.9 Å². The number of nitrogens with zero attached hydrogens (tertiary/aromatic N) is 2. The van der Waals surface area contributed by atoms with Crippen molar-refractivity contribution in [2.75, 3.05) is 0 Å². The molecule has 18 heavy (non-hydrogen) atoms. The Morgan fingerprint density at radius 3 is 2.78 bits per heavy atom. The minimum Gasteiger partial charge on any atom is -0.439 e. The Hall–Kier alpha value is -1.68. The van der Waals surface area contributed by atoms with Gasteiger partial charge in [0.2, 0.25) is 0 Å². The summed E-state index contributed by atoms with van der Waals surface area (Å²) in [7, 11) is 0. The smallest absolute Gasteiger partial charge is 0.198 e. The van der Waals surface area contributed by atoms with E-state index in [0.29, 0.717) is 5.65 Å². The molecule has 0 radical (unpaired) electrons. The van der Waals surface area contributed by atoms with Crippen LogP contribution in [0.5, 0.6) is 0 Å². The number of benzene rings is 1. The second-order valence-corrected chi connectivity index (χ2v) is 4.98. The quantitative estimate of drug-likeness (QED) is 0.739. The first-order valence-corrected chi connectivity index (χ1v) is 6.55. The molecule has 0 fully saturated rings. The average molecular weight is 303 g/mol. The van der Waals surface area contributed by atoms with Crippen LogP contribution in [0.3, 0.4) is 0 Å². The number of fused-ring (bicyclic) bond motifs is 1. The molecule has 0 unspecified atom stereocenters. The van der Waals surface area contributed by atoms with E-state index in [9.17, 15) is 0 Å². The van der Waals surface area contributed by atoms with E-state index in [1.54, 1.807) is 6.20 Å². The summed E-state index contributed by atoms with van der Waals surface area (Å²) in [6.45, 7) is 0. The lowest BCUT2D eigenvalue weighted by molar-refractivity contribution is 0.528. The van der Waals surface area contributed by atoms with Crippen LogP contribution in [-0.4, -0.2) is 9.97 Å². The zero-order valence-electron chi connectivity index (χ0n) is 9.64. The Labute approximate surface area is 113 Å². The fourth-order valence-corrected chi connectivity index (χ4v) is 2.15. The summed E-state index contributed by atoms with van der Waals surface area (Å²) in [5.41, 5.74) is 2.68. The fourth-order valence-electron chi connectivity index (χ4n) is 1.84.